The van der Waals surface area contributed by atoms with Gasteiger partial charge in [0.25, 0.3) is 0 Å². The van der Waals surface area contributed by atoms with Gasteiger partial charge in [0.15, 0.2) is 26.6 Å². The summed E-state index contributed by atoms with van der Waals surface area (Å²) >= 11 is 0. The maximum Gasteiger partial charge on any atom is 0.405 e. The molecule has 0 radical (unpaired) electrons. The van der Waals surface area contributed by atoms with Gasteiger partial charge in [-0.3, -0.25) is 4.55 Å². The van der Waals surface area contributed by atoms with Crippen LogP contribution in [0.5, 0.6) is 5.75 Å². The second kappa shape index (κ2) is 12.2. The van der Waals surface area contributed by atoms with E-state index in [1.54, 1.807) is 0 Å². The van der Waals surface area contributed by atoms with Crippen LogP contribution in [0.3, 0.4) is 0 Å². The molecule has 1 fully saturated rings. The maximum absolute atomic E-state index is 14.2. The van der Waals surface area contributed by atoms with Crippen LogP contribution in [0.25, 0.3) is 0 Å². The van der Waals surface area contributed by atoms with Crippen LogP contribution in [0.1, 0.15) is 19.4 Å². The molecule has 3 aromatic carbocycles. The van der Waals surface area contributed by atoms with Gasteiger partial charge in [-0.1, -0.05) is 0 Å². The molecule has 6 nitrogen and oxygen atoms in total. The fourth-order valence-electron chi connectivity index (χ4n) is 4.20. The average molecular weight is 710 g/mol. The molecule has 0 aliphatic carbocycles. The number of rotatable bonds is 8. The third-order valence-electron chi connectivity index (χ3n) is 6.85. The zero-order valence-electron chi connectivity index (χ0n) is 23.4. The Morgan fingerprint density at radius 3 is 1.67 bits per heavy atom. The van der Waals surface area contributed by atoms with Crippen molar-refractivity contribution in [3.8, 4) is 5.75 Å². The molecular weight excluding hydrogens is 686 g/mol. The van der Waals surface area contributed by atoms with Crippen molar-refractivity contribution >= 4 is 21.0 Å². The van der Waals surface area contributed by atoms with Gasteiger partial charge in [-0.15, -0.1) is 0 Å². The van der Waals surface area contributed by atoms with Crippen LogP contribution in [0, 0.1) is 11.6 Å². The van der Waals surface area contributed by atoms with E-state index in [4.69, 9.17) is 18.8 Å². The largest absolute Gasteiger partial charge is 0.483 e. The Labute approximate surface area is 258 Å². The SMILES string of the molecule is CC(Oc1ccc([S+](c2ccc(C3(C)OCC(F)(F)C(F)(F)C(F)(F)CO3)cc2)c2cc(F)cc(F)c2)cc1)C(F)(F)S(=O)(=O)O. The molecule has 46 heavy (non-hydrogen) atoms. The van der Waals surface area contributed by atoms with Crippen molar-refractivity contribution in [1.29, 1.82) is 0 Å². The van der Waals surface area contributed by atoms with Crippen molar-refractivity contribution < 1.29 is 71.1 Å². The van der Waals surface area contributed by atoms with Gasteiger partial charge in [-0.25, -0.2) is 8.78 Å². The topological polar surface area (TPSA) is 82.1 Å². The molecule has 0 spiro atoms. The van der Waals surface area contributed by atoms with Crippen molar-refractivity contribution in [2.75, 3.05) is 13.2 Å². The molecular formula is C28H23F10O6S2+. The summed E-state index contributed by atoms with van der Waals surface area (Å²) in [5.41, 5.74) is -0.153. The summed E-state index contributed by atoms with van der Waals surface area (Å²) in [6, 6.07) is 12.4. The summed E-state index contributed by atoms with van der Waals surface area (Å²) in [6.45, 7) is -2.58. The highest BCUT2D eigenvalue weighted by molar-refractivity contribution is 7.97. The zero-order chi connectivity index (χ0) is 34.5. The van der Waals surface area contributed by atoms with Gasteiger partial charge in [0.05, 0.1) is 10.9 Å². The maximum atomic E-state index is 14.2. The highest BCUT2D eigenvalue weighted by atomic mass is 32.2. The van der Waals surface area contributed by atoms with Crippen LogP contribution in [-0.2, 0) is 36.3 Å². The molecule has 0 bridgehead atoms. The van der Waals surface area contributed by atoms with Gasteiger partial charge >= 0.3 is 33.1 Å². The molecule has 252 valence electrons. The second-order valence-corrected chi connectivity index (χ2v) is 13.7. The first-order chi connectivity index (χ1) is 21.0. The predicted octanol–water partition coefficient (Wildman–Crippen LogP) is 7.43. The smallest absolute Gasteiger partial charge is 0.405 e. The van der Waals surface area contributed by atoms with Crippen molar-refractivity contribution in [2.24, 2.45) is 0 Å². The van der Waals surface area contributed by atoms with E-state index in [1.807, 2.05) is 0 Å². The van der Waals surface area contributed by atoms with Crippen LogP contribution in [0.15, 0.2) is 81.4 Å². The van der Waals surface area contributed by atoms with Gasteiger partial charge in [0.1, 0.15) is 30.6 Å². The molecule has 1 aliphatic heterocycles. The Balaban J connectivity index is 1.69. The Bertz CT molecular complexity index is 1630. The first kappa shape index (κ1) is 35.8. The molecule has 0 saturated carbocycles. The van der Waals surface area contributed by atoms with Gasteiger partial charge in [-0.2, -0.15) is 43.5 Å². The lowest BCUT2D eigenvalue weighted by atomic mass is 10.0. The zero-order valence-corrected chi connectivity index (χ0v) is 25.1. The summed E-state index contributed by atoms with van der Waals surface area (Å²) in [6.07, 6.45) is -2.33. The number of benzene rings is 3. The van der Waals surface area contributed by atoms with E-state index >= 15 is 0 Å². The van der Waals surface area contributed by atoms with Gasteiger partial charge in [-0.05, 0) is 62.4 Å². The first-order valence-corrected chi connectivity index (χ1v) is 15.5. The number of hydrogen-bond acceptors (Lipinski definition) is 5. The summed E-state index contributed by atoms with van der Waals surface area (Å²) in [5.74, 6) is -20.8. The van der Waals surface area contributed by atoms with Crippen LogP contribution in [0.2, 0.25) is 0 Å². The number of ether oxygens (including phenoxy) is 3. The molecule has 1 aliphatic rings. The Kier molecular flexibility index (Phi) is 9.48. The van der Waals surface area contributed by atoms with Crippen molar-refractivity contribution in [3.63, 3.8) is 0 Å². The van der Waals surface area contributed by atoms with E-state index in [0.29, 0.717) is 17.9 Å². The van der Waals surface area contributed by atoms with Crippen molar-refractivity contribution in [1.82, 2.24) is 0 Å². The lowest BCUT2D eigenvalue weighted by Crippen LogP contribution is -2.61. The lowest BCUT2D eigenvalue weighted by molar-refractivity contribution is -0.387. The minimum atomic E-state index is -5.81. The fourth-order valence-corrected chi connectivity index (χ4v) is 6.76. The Hall–Kier alpha value is -3.06. The molecule has 0 amide bonds. The van der Waals surface area contributed by atoms with Gasteiger partial charge < -0.3 is 14.2 Å². The van der Waals surface area contributed by atoms with E-state index in [2.05, 4.69) is 0 Å². The molecule has 0 aromatic heterocycles. The monoisotopic (exact) mass is 709 g/mol. The van der Waals surface area contributed by atoms with Crippen LogP contribution in [-0.4, -0.2) is 55.3 Å². The van der Waals surface area contributed by atoms with Gasteiger partial charge in [0, 0.05) is 23.8 Å². The fraction of sp³-hybridized carbons (Fsp3) is 0.357. The van der Waals surface area contributed by atoms with Crippen molar-refractivity contribution in [2.45, 2.75) is 63.4 Å². The lowest BCUT2D eigenvalue weighted by Gasteiger charge is -2.40. The Morgan fingerprint density at radius 2 is 1.24 bits per heavy atom. The van der Waals surface area contributed by atoms with E-state index in [1.165, 1.54) is 36.4 Å². The second-order valence-electron chi connectivity index (χ2n) is 10.2. The first-order valence-electron chi connectivity index (χ1n) is 12.8. The minimum absolute atomic E-state index is 0.0522. The molecule has 1 heterocycles. The highest BCUT2D eigenvalue weighted by Crippen LogP contribution is 2.49. The molecule has 1 N–H and O–H groups in total. The van der Waals surface area contributed by atoms with Gasteiger partial charge in [0.2, 0.25) is 0 Å². The summed E-state index contributed by atoms with van der Waals surface area (Å²) in [5, 5.41) is -4.66. The van der Waals surface area contributed by atoms with Crippen LogP contribution >= 0.6 is 0 Å². The third-order valence-corrected chi connectivity index (χ3v) is 10.1. The van der Waals surface area contributed by atoms with E-state index in [-0.39, 0.29) is 21.1 Å². The minimum Gasteiger partial charge on any atom is -0.483 e. The summed E-state index contributed by atoms with van der Waals surface area (Å²) in [4.78, 5) is 0.632. The number of alkyl halides is 8. The molecule has 1 saturated heterocycles. The van der Waals surface area contributed by atoms with Crippen molar-refractivity contribution in [3.05, 3.63) is 83.9 Å². The molecule has 3 aromatic rings. The quantitative estimate of drug-likeness (QED) is 0.149. The Morgan fingerprint density at radius 1 is 0.804 bits per heavy atom. The highest BCUT2D eigenvalue weighted by Gasteiger charge is 2.73. The van der Waals surface area contributed by atoms with Crippen LogP contribution in [0.4, 0.5) is 43.9 Å². The molecule has 18 heteroatoms. The average Bonchev–Trinajstić information content (AvgIpc) is 2.95. The van der Waals surface area contributed by atoms with E-state index in [0.717, 1.165) is 31.2 Å². The molecule has 2 unspecified atom stereocenters. The number of hydrogen-bond donors (Lipinski definition) is 1. The third kappa shape index (κ3) is 6.81. The van der Waals surface area contributed by atoms with Crippen LogP contribution < -0.4 is 4.74 Å². The normalized spacial score (nSPS) is 20.6. The predicted molar refractivity (Wildman–Crippen MR) is 142 cm³/mol. The molecule has 4 rings (SSSR count). The standard InChI is InChI=1S/C28H22F10O6S2/c1-16(27(35,36)46(39,40)41)44-20-5-9-22(10-6-20)45(23-12-18(29)11-19(30)13-23)21-7-3-17(4-8-21)24(2)42-14-25(31,32)28(37,38)26(33,34)15-43-24/h3-13,16H,14-15H2,1-2H3/p+1. The summed E-state index contributed by atoms with van der Waals surface area (Å²) < 4.78 is 186. The van der Waals surface area contributed by atoms with E-state index in [9.17, 15) is 52.3 Å². The number of halogens is 10. The van der Waals surface area contributed by atoms with E-state index < -0.39 is 80.8 Å². The molecule has 2 atom stereocenters. The summed E-state index contributed by atoms with van der Waals surface area (Å²) in [7, 11) is -7.21.